The molecule has 0 bridgehead atoms. The number of aromatic nitrogens is 4. The molecule has 0 spiro atoms. The number of H-pyrrole nitrogens is 1. The van der Waals surface area contributed by atoms with Crippen LogP contribution in [0, 0.1) is 0 Å². The van der Waals surface area contributed by atoms with Crippen LogP contribution in [0.25, 0.3) is 0 Å². The predicted molar refractivity (Wildman–Crippen MR) is 79.2 cm³/mol. The molecule has 2 N–H and O–H groups in total. The van der Waals surface area contributed by atoms with Gasteiger partial charge in [-0.2, -0.15) is 0 Å². The Labute approximate surface area is 121 Å². The lowest BCUT2D eigenvalue weighted by atomic mass is 10.2. The van der Waals surface area contributed by atoms with E-state index < -0.39 is 0 Å². The largest absolute Gasteiger partial charge is 0.370 e. The summed E-state index contributed by atoms with van der Waals surface area (Å²) >= 11 is 3.42. The maximum atomic E-state index is 4.49. The number of rotatable bonds is 6. The van der Waals surface area contributed by atoms with Crippen LogP contribution in [0.3, 0.4) is 0 Å². The highest BCUT2D eigenvalue weighted by molar-refractivity contribution is 9.10. The van der Waals surface area contributed by atoms with Gasteiger partial charge in [0.1, 0.15) is 22.1 Å². The standard InChI is InChI=1S/C13H18BrN5/c1-9(2)13-18-10(14)8-12(19-13)15-5-3-4-11-16-6-7-17-11/h6-9H,3-5H2,1-2H3,(H,16,17)(H,15,18,19). The molecular weight excluding hydrogens is 306 g/mol. The van der Waals surface area contributed by atoms with Gasteiger partial charge in [-0.25, -0.2) is 15.0 Å². The van der Waals surface area contributed by atoms with Crippen molar-refractivity contribution >= 4 is 21.7 Å². The lowest BCUT2D eigenvalue weighted by Gasteiger charge is -2.09. The van der Waals surface area contributed by atoms with E-state index >= 15 is 0 Å². The Morgan fingerprint density at radius 3 is 2.89 bits per heavy atom. The Hall–Kier alpha value is -1.43. The minimum absolute atomic E-state index is 0.321. The first kappa shape index (κ1) is 14.0. The number of halogens is 1. The fourth-order valence-electron chi connectivity index (χ4n) is 1.69. The molecule has 102 valence electrons. The molecular formula is C13H18BrN5. The summed E-state index contributed by atoms with van der Waals surface area (Å²) < 4.78 is 0.819. The van der Waals surface area contributed by atoms with Crippen molar-refractivity contribution in [1.29, 1.82) is 0 Å². The highest BCUT2D eigenvalue weighted by atomic mass is 79.9. The van der Waals surface area contributed by atoms with E-state index in [4.69, 9.17) is 0 Å². The molecule has 2 aromatic rings. The molecule has 2 aromatic heterocycles. The Bertz CT molecular complexity index is 510. The monoisotopic (exact) mass is 323 g/mol. The maximum absolute atomic E-state index is 4.49. The Balaban J connectivity index is 1.85. The zero-order valence-electron chi connectivity index (χ0n) is 11.2. The van der Waals surface area contributed by atoms with E-state index in [1.807, 2.05) is 12.3 Å². The van der Waals surface area contributed by atoms with Gasteiger partial charge in [-0.3, -0.25) is 0 Å². The van der Waals surface area contributed by atoms with Gasteiger partial charge >= 0.3 is 0 Å². The first-order valence-corrected chi connectivity index (χ1v) is 7.21. The molecule has 0 atom stereocenters. The highest BCUT2D eigenvalue weighted by Gasteiger charge is 2.06. The lowest BCUT2D eigenvalue weighted by molar-refractivity contribution is 0.764. The van der Waals surface area contributed by atoms with Crippen molar-refractivity contribution in [1.82, 2.24) is 19.9 Å². The number of imidazole rings is 1. The first-order chi connectivity index (χ1) is 9.15. The third-order valence-electron chi connectivity index (χ3n) is 2.68. The number of anilines is 1. The van der Waals surface area contributed by atoms with Crippen LogP contribution >= 0.6 is 15.9 Å². The van der Waals surface area contributed by atoms with Gasteiger partial charge in [-0.05, 0) is 22.4 Å². The molecule has 0 unspecified atom stereocenters. The molecule has 5 nitrogen and oxygen atoms in total. The van der Waals surface area contributed by atoms with E-state index in [1.54, 1.807) is 6.20 Å². The van der Waals surface area contributed by atoms with Crippen molar-refractivity contribution in [3.05, 3.63) is 34.7 Å². The van der Waals surface area contributed by atoms with Crippen LogP contribution in [0.4, 0.5) is 5.82 Å². The molecule has 0 aliphatic carbocycles. The zero-order chi connectivity index (χ0) is 13.7. The average Bonchev–Trinajstić information content (AvgIpc) is 2.87. The van der Waals surface area contributed by atoms with Crippen LogP contribution in [0.5, 0.6) is 0 Å². The molecule has 0 aromatic carbocycles. The van der Waals surface area contributed by atoms with Crippen molar-refractivity contribution in [2.45, 2.75) is 32.6 Å². The second kappa shape index (κ2) is 6.65. The van der Waals surface area contributed by atoms with E-state index in [2.05, 4.69) is 55.0 Å². The minimum atomic E-state index is 0.321. The summed E-state index contributed by atoms with van der Waals surface area (Å²) in [4.78, 5) is 16.1. The molecule has 0 saturated heterocycles. The molecule has 2 rings (SSSR count). The van der Waals surface area contributed by atoms with Crippen molar-refractivity contribution in [3.8, 4) is 0 Å². The quantitative estimate of drug-likeness (QED) is 0.633. The summed E-state index contributed by atoms with van der Waals surface area (Å²) in [5.41, 5.74) is 0. The lowest BCUT2D eigenvalue weighted by Crippen LogP contribution is -2.08. The molecule has 6 heteroatoms. The second-order valence-electron chi connectivity index (χ2n) is 4.66. The third kappa shape index (κ3) is 4.31. The molecule has 0 radical (unpaired) electrons. The third-order valence-corrected chi connectivity index (χ3v) is 3.09. The van der Waals surface area contributed by atoms with Gasteiger partial charge in [0.15, 0.2) is 0 Å². The van der Waals surface area contributed by atoms with Gasteiger partial charge in [-0.15, -0.1) is 0 Å². The summed E-state index contributed by atoms with van der Waals surface area (Å²) in [5.74, 6) is 3.06. The Kier molecular flexibility index (Phi) is 4.90. The van der Waals surface area contributed by atoms with E-state index in [1.165, 1.54) is 0 Å². The molecule has 0 aliphatic heterocycles. The van der Waals surface area contributed by atoms with Crippen LogP contribution in [0.15, 0.2) is 23.1 Å². The summed E-state index contributed by atoms with van der Waals surface area (Å²) in [6.45, 7) is 5.03. The van der Waals surface area contributed by atoms with Crippen molar-refractivity contribution in [3.63, 3.8) is 0 Å². The molecule has 0 aliphatic rings. The Morgan fingerprint density at radius 2 is 2.21 bits per heavy atom. The molecule has 0 amide bonds. The van der Waals surface area contributed by atoms with E-state index in [0.29, 0.717) is 5.92 Å². The smallest absolute Gasteiger partial charge is 0.134 e. The van der Waals surface area contributed by atoms with Gasteiger partial charge in [0, 0.05) is 37.3 Å². The van der Waals surface area contributed by atoms with Crippen LogP contribution < -0.4 is 5.32 Å². The molecule has 0 fully saturated rings. The van der Waals surface area contributed by atoms with Crippen molar-refractivity contribution in [2.24, 2.45) is 0 Å². The normalized spacial score (nSPS) is 10.9. The fourth-order valence-corrected chi connectivity index (χ4v) is 2.09. The summed E-state index contributed by atoms with van der Waals surface area (Å²) in [6, 6.07) is 1.90. The molecule has 0 saturated carbocycles. The molecule has 19 heavy (non-hydrogen) atoms. The summed E-state index contributed by atoms with van der Waals surface area (Å²) in [6.07, 6.45) is 5.56. The van der Waals surface area contributed by atoms with Crippen LogP contribution in [0.2, 0.25) is 0 Å². The van der Waals surface area contributed by atoms with Gasteiger partial charge in [0.2, 0.25) is 0 Å². The van der Waals surface area contributed by atoms with Crippen molar-refractivity contribution in [2.75, 3.05) is 11.9 Å². The summed E-state index contributed by atoms with van der Waals surface area (Å²) in [5, 5.41) is 3.32. The topological polar surface area (TPSA) is 66.5 Å². The maximum Gasteiger partial charge on any atom is 0.134 e. The SMILES string of the molecule is CC(C)c1nc(Br)cc(NCCCc2ncc[nH]2)n1. The number of nitrogens with zero attached hydrogens (tertiary/aromatic N) is 3. The van der Waals surface area contributed by atoms with Crippen molar-refractivity contribution < 1.29 is 0 Å². The number of aryl methyl sites for hydroxylation is 1. The molecule has 2 heterocycles. The first-order valence-electron chi connectivity index (χ1n) is 6.42. The zero-order valence-corrected chi connectivity index (χ0v) is 12.7. The van der Waals surface area contributed by atoms with Gasteiger partial charge in [0.05, 0.1) is 0 Å². The van der Waals surface area contributed by atoms with Gasteiger partial charge < -0.3 is 10.3 Å². The van der Waals surface area contributed by atoms with Crippen LogP contribution in [-0.2, 0) is 6.42 Å². The van der Waals surface area contributed by atoms with Crippen LogP contribution in [-0.4, -0.2) is 26.5 Å². The second-order valence-corrected chi connectivity index (χ2v) is 5.47. The van der Waals surface area contributed by atoms with E-state index in [-0.39, 0.29) is 0 Å². The number of nitrogens with one attached hydrogen (secondary N) is 2. The highest BCUT2D eigenvalue weighted by Crippen LogP contribution is 2.17. The number of hydrogen-bond donors (Lipinski definition) is 2. The van der Waals surface area contributed by atoms with E-state index in [0.717, 1.165) is 41.5 Å². The fraction of sp³-hybridized carbons (Fsp3) is 0.462. The number of hydrogen-bond acceptors (Lipinski definition) is 4. The van der Waals surface area contributed by atoms with Gasteiger partial charge in [0.25, 0.3) is 0 Å². The minimum Gasteiger partial charge on any atom is -0.370 e. The van der Waals surface area contributed by atoms with Crippen LogP contribution in [0.1, 0.15) is 37.8 Å². The number of aromatic amines is 1. The Morgan fingerprint density at radius 1 is 1.37 bits per heavy atom. The van der Waals surface area contributed by atoms with Gasteiger partial charge in [-0.1, -0.05) is 13.8 Å². The summed E-state index contributed by atoms with van der Waals surface area (Å²) in [7, 11) is 0. The predicted octanol–water partition coefficient (Wildman–Crippen LogP) is 3.13. The van der Waals surface area contributed by atoms with E-state index in [9.17, 15) is 0 Å². The average molecular weight is 324 g/mol.